The zero-order chi connectivity index (χ0) is 27.1. The maximum absolute atomic E-state index is 13.8. The molecule has 192 valence electrons. The molecule has 0 aliphatic carbocycles. The van der Waals surface area contributed by atoms with Crippen LogP contribution in [0.25, 0.3) is 0 Å². The van der Waals surface area contributed by atoms with E-state index in [0.29, 0.717) is 11.1 Å². The van der Waals surface area contributed by atoms with Crippen molar-refractivity contribution in [2.24, 2.45) is 5.73 Å². The van der Waals surface area contributed by atoms with E-state index in [9.17, 15) is 19.2 Å². The van der Waals surface area contributed by atoms with E-state index in [2.05, 4.69) is 16.6 Å². The highest BCUT2D eigenvalue weighted by Gasteiger charge is 2.39. The predicted molar refractivity (Wildman–Crippen MR) is 134 cm³/mol. The summed E-state index contributed by atoms with van der Waals surface area (Å²) in [5, 5.41) is 5.34. The summed E-state index contributed by atoms with van der Waals surface area (Å²) < 4.78 is 5.26. The van der Waals surface area contributed by atoms with Gasteiger partial charge in [0.05, 0.1) is 6.42 Å². The van der Waals surface area contributed by atoms with Crippen LogP contribution in [0.3, 0.4) is 0 Å². The van der Waals surface area contributed by atoms with Gasteiger partial charge in [-0.2, -0.15) is 0 Å². The van der Waals surface area contributed by atoms with Crippen molar-refractivity contribution in [2.75, 3.05) is 0 Å². The lowest BCUT2D eigenvalue weighted by atomic mass is 9.95. The van der Waals surface area contributed by atoms with Gasteiger partial charge in [0.1, 0.15) is 17.7 Å². The number of rotatable bonds is 8. The summed E-state index contributed by atoms with van der Waals surface area (Å²) in [6.07, 6.45) is 4.33. The highest BCUT2D eigenvalue weighted by molar-refractivity contribution is 5.95. The minimum Gasteiger partial charge on any atom is -0.444 e. The molecule has 0 spiro atoms. The summed E-state index contributed by atoms with van der Waals surface area (Å²) in [4.78, 5) is 52.9. The molecule has 1 aromatic carbocycles. The first-order valence-corrected chi connectivity index (χ1v) is 11.4. The van der Waals surface area contributed by atoms with Crippen molar-refractivity contribution in [3.05, 3.63) is 35.4 Å². The Hall–Kier alpha value is -3.54. The number of ether oxygens (including phenoxy) is 1. The van der Waals surface area contributed by atoms with Crippen LogP contribution < -0.4 is 16.4 Å². The molecule has 1 aromatic rings. The molecule has 1 rings (SSSR count). The lowest BCUT2D eigenvalue weighted by Crippen LogP contribution is -2.57. The molecule has 4 amide bonds. The zero-order valence-electron chi connectivity index (χ0n) is 21.9. The molecule has 9 nitrogen and oxygen atoms in total. The van der Waals surface area contributed by atoms with Crippen LogP contribution in [-0.4, -0.2) is 51.9 Å². The highest BCUT2D eigenvalue weighted by Crippen LogP contribution is 2.28. The first-order chi connectivity index (χ1) is 16.0. The molecular formula is C26H38N4O5. The number of nitrogens with two attached hydrogens (primary N) is 1. The smallest absolute Gasteiger partial charge is 0.408 e. The minimum atomic E-state index is -1.35. The fourth-order valence-corrected chi connectivity index (χ4v) is 3.43. The number of hydrogen-bond acceptors (Lipinski definition) is 5. The number of carbonyl (C=O) groups excluding carboxylic acids is 4. The third-order valence-corrected chi connectivity index (χ3v) is 4.64. The van der Waals surface area contributed by atoms with E-state index >= 15 is 0 Å². The molecule has 0 aliphatic heterocycles. The van der Waals surface area contributed by atoms with Crippen molar-refractivity contribution in [3.63, 3.8) is 0 Å². The van der Waals surface area contributed by atoms with Gasteiger partial charge in [-0.05, 0) is 67.0 Å². The van der Waals surface area contributed by atoms with Crippen LogP contribution in [0.4, 0.5) is 4.79 Å². The van der Waals surface area contributed by atoms with Crippen LogP contribution in [-0.2, 0) is 19.1 Å². The summed E-state index contributed by atoms with van der Waals surface area (Å²) >= 11 is 0. The standard InChI is InChI=1S/C26H38N4O5/c1-10-17-13-11-12-14-18(17)21(22(32)29-25(4,5)6)30(16(2)3)23(33)19(15-20(27)31)28-24(34)35-26(7,8)9/h1,11-14,16,19,21H,15H2,2-9H3,(H2,27,31)(H,28,34)(H,29,32). The van der Waals surface area contributed by atoms with Gasteiger partial charge >= 0.3 is 6.09 Å². The highest BCUT2D eigenvalue weighted by atomic mass is 16.6. The topological polar surface area (TPSA) is 131 Å². The number of amides is 4. The van der Waals surface area contributed by atoms with Gasteiger partial charge in [-0.1, -0.05) is 24.1 Å². The van der Waals surface area contributed by atoms with Crippen molar-refractivity contribution >= 4 is 23.8 Å². The van der Waals surface area contributed by atoms with E-state index in [1.807, 2.05) is 20.8 Å². The molecule has 0 heterocycles. The monoisotopic (exact) mass is 486 g/mol. The van der Waals surface area contributed by atoms with Gasteiger partial charge in [-0.25, -0.2) is 4.79 Å². The molecule has 2 atom stereocenters. The Balaban J connectivity index is 3.60. The molecule has 0 saturated heterocycles. The Bertz CT molecular complexity index is 983. The molecule has 2 unspecified atom stereocenters. The van der Waals surface area contributed by atoms with Gasteiger partial charge in [0.15, 0.2) is 0 Å². The lowest BCUT2D eigenvalue weighted by molar-refractivity contribution is -0.146. The van der Waals surface area contributed by atoms with E-state index in [4.69, 9.17) is 16.9 Å². The maximum Gasteiger partial charge on any atom is 0.408 e. The van der Waals surface area contributed by atoms with Crippen LogP contribution in [0, 0.1) is 12.3 Å². The summed E-state index contributed by atoms with van der Waals surface area (Å²) in [5.74, 6) is 0.625. The van der Waals surface area contributed by atoms with E-state index in [0.717, 1.165) is 0 Å². The first kappa shape index (κ1) is 29.5. The van der Waals surface area contributed by atoms with Crippen LogP contribution in [0.15, 0.2) is 24.3 Å². The van der Waals surface area contributed by atoms with Gasteiger partial charge in [-0.3, -0.25) is 14.4 Å². The quantitative estimate of drug-likeness (QED) is 0.486. The summed E-state index contributed by atoms with van der Waals surface area (Å²) in [5.41, 5.74) is 4.82. The van der Waals surface area contributed by atoms with Crippen LogP contribution >= 0.6 is 0 Å². The molecule has 0 saturated carbocycles. The summed E-state index contributed by atoms with van der Waals surface area (Å²) in [6.45, 7) is 13.9. The van der Waals surface area contributed by atoms with Gasteiger partial charge in [0, 0.05) is 17.1 Å². The number of alkyl carbamates (subject to hydrolysis) is 1. The zero-order valence-corrected chi connectivity index (χ0v) is 21.9. The number of primary amides is 1. The Morgan fingerprint density at radius 1 is 1.09 bits per heavy atom. The molecule has 0 fully saturated rings. The Labute approximate surface area is 208 Å². The molecule has 4 N–H and O–H groups in total. The summed E-state index contributed by atoms with van der Waals surface area (Å²) in [6, 6.07) is 3.80. The average molecular weight is 487 g/mol. The van der Waals surface area contributed by atoms with Gasteiger partial charge in [0.25, 0.3) is 0 Å². The van der Waals surface area contributed by atoms with Gasteiger partial charge < -0.3 is 26.0 Å². The third kappa shape index (κ3) is 9.32. The second kappa shape index (κ2) is 11.7. The molecule has 0 aromatic heterocycles. The van der Waals surface area contributed by atoms with Crippen molar-refractivity contribution in [1.82, 2.24) is 15.5 Å². The van der Waals surface area contributed by atoms with E-state index in [1.54, 1.807) is 58.9 Å². The average Bonchev–Trinajstić information content (AvgIpc) is 2.67. The van der Waals surface area contributed by atoms with Crippen LogP contribution in [0.5, 0.6) is 0 Å². The molecule has 9 heteroatoms. The molecule has 0 aliphatic rings. The first-order valence-electron chi connectivity index (χ1n) is 11.4. The number of nitrogens with zero attached hydrogens (tertiary/aromatic N) is 1. The molecule has 0 radical (unpaired) electrons. The Morgan fingerprint density at radius 3 is 2.11 bits per heavy atom. The SMILES string of the molecule is C#Cc1ccccc1C(C(=O)NC(C)(C)C)N(C(=O)C(CC(N)=O)NC(=O)OC(C)(C)C)C(C)C. The number of benzene rings is 1. The van der Waals surface area contributed by atoms with E-state index in [1.165, 1.54) is 4.90 Å². The van der Waals surface area contributed by atoms with Gasteiger partial charge in [0.2, 0.25) is 17.7 Å². The Morgan fingerprint density at radius 2 is 1.66 bits per heavy atom. The van der Waals surface area contributed by atoms with E-state index < -0.39 is 59.5 Å². The Kier molecular flexibility index (Phi) is 9.89. The fraction of sp³-hybridized carbons (Fsp3) is 0.538. The second-order valence-electron chi connectivity index (χ2n) is 10.6. The largest absolute Gasteiger partial charge is 0.444 e. The maximum atomic E-state index is 13.8. The molecular weight excluding hydrogens is 448 g/mol. The molecule has 0 bridgehead atoms. The van der Waals surface area contributed by atoms with Crippen LogP contribution in [0.2, 0.25) is 0 Å². The number of carbonyl (C=O) groups is 4. The fourth-order valence-electron chi connectivity index (χ4n) is 3.43. The van der Waals surface area contributed by atoms with E-state index in [-0.39, 0.29) is 0 Å². The third-order valence-electron chi connectivity index (χ3n) is 4.64. The predicted octanol–water partition coefficient (Wildman–Crippen LogP) is 2.63. The van der Waals surface area contributed by atoms with Crippen molar-refractivity contribution in [1.29, 1.82) is 0 Å². The number of nitrogens with one attached hydrogen (secondary N) is 2. The van der Waals surface area contributed by atoms with Crippen molar-refractivity contribution in [3.8, 4) is 12.3 Å². The molecule has 35 heavy (non-hydrogen) atoms. The second-order valence-corrected chi connectivity index (χ2v) is 10.6. The van der Waals surface area contributed by atoms with Crippen molar-refractivity contribution < 1.29 is 23.9 Å². The van der Waals surface area contributed by atoms with Crippen molar-refractivity contribution in [2.45, 2.75) is 91.1 Å². The summed E-state index contributed by atoms with van der Waals surface area (Å²) in [7, 11) is 0. The number of terminal acetylenes is 1. The lowest BCUT2D eigenvalue weighted by Gasteiger charge is -2.38. The van der Waals surface area contributed by atoms with Gasteiger partial charge in [-0.15, -0.1) is 6.42 Å². The van der Waals surface area contributed by atoms with Crippen LogP contribution in [0.1, 0.15) is 79.0 Å². The minimum absolute atomic E-state index is 0.437. The number of hydrogen-bond donors (Lipinski definition) is 3. The normalized spacial score (nSPS) is 13.3.